The second-order valence-electron chi connectivity index (χ2n) is 7.58. The van der Waals surface area contributed by atoms with Gasteiger partial charge in [-0.1, -0.05) is 5.16 Å². The molecule has 1 aliphatic heterocycles. The van der Waals surface area contributed by atoms with Crippen LogP contribution in [0.5, 0.6) is 0 Å². The number of carbonyl (C=O) groups excluding carboxylic acids is 1. The molecule has 0 aromatic carbocycles. The normalized spacial score (nSPS) is 27.5. The summed E-state index contributed by atoms with van der Waals surface area (Å²) < 4.78 is 5.32. The van der Waals surface area contributed by atoms with Crippen LogP contribution in [0.4, 0.5) is 0 Å². The van der Waals surface area contributed by atoms with Crippen molar-refractivity contribution >= 4 is 17.7 Å². The number of likely N-dealkylation sites (tertiary alicyclic amines) is 1. The van der Waals surface area contributed by atoms with Crippen LogP contribution in [0.3, 0.4) is 0 Å². The molecule has 0 spiro atoms. The van der Waals surface area contributed by atoms with Crippen molar-refractivity contribution in [1.29, 1.82) is 0 Å². The van der Waals surface area contributed by atoms with E-state index >= 15 is 0 Å². The topological polar surface area (TPSA) is 58.4 Å². The average molecular weight is 352 g/mol. The van der Waals surface area contributed by atoms with Gasteiger partial charge in [0, 0.05) is 32.5 Å². The molecule has 0 bridgehead atoms. The predicted molar refractivity (Wildman–Crippen MR) is 97.5 cm³/mol. The van der Waals surface area contributed by atoms with Crippen molar-refractivity contribution in [2.45, 2.75) is 44.1 Å². The predicted octanol–water partition coefficient (Wildman–Crippen LogP) is 2.99. The largest absolute Gasteiger partial charge is 0.360 e. The third kappa shape index (κ3) is 3.80. The highest BCUT2D eigenvalue weighted by Crippen LogP contribution is 2.42. The Bertz CT molecular complexity index is 589. The molecule has 1 amide bonds. The first kappa shape index (κ1) is 16.5. The van der Waals surface area contributed by atoms with E-state index in [9.17, 15) is 4.79 Å². The summed E-state index contributed by atoms with van der Waals surface area (Å²) >= 11 is 1.91. The van der Waals surface area contributed by atoms with Gasteiger partial charge in [0.25, 0.3) is 5.91 Å². The molecule has 1 saturated heterocycles. The van der Waals surface area contributed by atoms with Crippen LogP contribution in [0.1, 0.15) is 55.7 Å². The summed E-state index contributed by atoms with van der Waals surface area (Å²) in [6.45, 7) is 3.26. The molecular formula is C18H29N3O2S. The smallest absolute Gasteiger partial charge is 0.273 e. The fourth-order valence-electron chi connectivity index (χ4n) is 3.88. The molecule has 2 heterocycles. The van der Waals surface area contributed by atoms with Gasteiger partial charge in [0.1, 0.15) is 5.76 Å². The summed E-state index contributed by atoms with van der Waals surface area (Å²) in [5.74, 6) is 3.94. The zero-order valence-corrected chi connectivity index (χ0v) is 15.2. The molecule has 2 saturated carbocycles. The van der Waals surface area contributed by atoms with Crippen LogP contribution >= 0.6 is 11.8 Å². The van der Waals surface area contributed by atoms with Gasteiger partial charge in [0.15, 0.2) is 5.69 Å². The zero-order valence-electron chi connectivity index (χ0n) is 14.4. The number of amides is 1. The van der Waals surface area contributed by atoms with Gasteiger partial charge in [0.2, 0.25) is 0 Å². The van der Waals surface area contributed by atoms with Crippen LogP contribution in [0.25, 0.3) is 0 Å². The van der Waals surface area contributed by atoms with Gasteiger partial charge < -0.3 is 14.7 Å². The van der Waals surface area contributed by atoms with Crippen molar-refractivity contribution in [1.82, 2.24) is 15.4 Å². The Balaban J connectivity index is 0.00000182. The van der Waals surface area contributed by atoms with E-state index in [1.54, 1.807) is 0 Å². The Morgan fingerprint density at radius 1 is 1.42 bits per heavy atom. The van der Waals surface area contributed by atoms with Crippen LogP contribution in [0, 0.1) is 11.8 Å². The third-order valence-corrected chi connectivity index (χ3v) is 6.25. The Kier molecular flexibility index (Phi) is 4.86. The number of aromatic nitrogens is 1. The molecule has 2 atom stereocenters. The van der Waals surface area contributed by atoms with Gasteiger partial charge in [-0.3, -0.25) is 4.79 Å². The van der Waals surface area contributed by atoms with Gasteiger partial charge in [-0.05, 0) is 62.5 Å². The highest BCUT2D eigenvalue weighted by atomic mass is 32.2. The maximum Gasteiger partial charge on any atom is 0.273 e. The summed E-state index contributed by atoms with van der Waals surface area (Å²) in [5.41, 5.74) is 0.451. The lowest BCUT2D eigenvalue weighted by atomic mass is 9.98. The third-order valence-electron chi connectivity index (χ3n) is 5.55. The summed E-state index contributed by atoms with van der Waals surface area (Å²) in [6.07, 6.45) is 8.36. The zero-order chi connectivity index (χ0) is 16.5. The molecule has 4 rings (SSSR count). The van der Waals surface area contributed by atoms with Gasteiger partial charge >= 0.3 is 0 Å². The van der Waals surface area contributed by atoms with Crippen molar-refractivity contribution < 1.29 is 10.7 Å². The molecule has 3 fully saturated rings. The molecule has 134 valence electrons. The van der Waals surface area contributed by atoms with E-state index in [1.165, 1.54) is 25.0 Å². The van der Waals surface area contributed by atoms with Crippen molar-refractivity contribution in [2.75, 3.05) is 31.6 Å². The summed E-state index contributed by atoms with van der Waals surface area (Å²) in [6, 6.07) is 2.10. The van der Waals surface area contributed by atoms with Crippen LogP contribution in [-0.4, -0.2) is 53.6 Å². The van der Waals surface area contributed by atoms with Gasteiger partial charge in [-0.15, -0.1) is 0 Å². The SMILES string of the molecule is CSCCCN1C[C@H](NC(=O)c2cc(C3CC3)on2)[C@@H](C2CC2)C1.[HH]. The van der Waals surface area contributed by atoms with Crippen LogP contribution in [0.2, 0.25) is 0 Å². The molecule has 1 aromatic heterocycles. The van der Waals surface area contributed by atoms with Crippen molar-refractivity contribution in [3.05, 3.63) is 17.5 Å². The highest BCUT2D eigenvalue weighted by molar-refractivity contribution is 7.98. The fraction of sp³-hybridized carbons (Fsp3) is 0.778. The van der Waals surface area contributed by atoms with Crippen molar-refractivity contribution in [2.24, 2.45) is 11.8 Å². The summed E-state index contributed by atoms with van der Waals surface area (Å²) in [5, 5.41) is 7.23. The quantitative estimate of drug-likeness (QED) is 0.730. The first-order valence-electron chi connectivity index (χ1n) is 9.23. The standard InChI is InChI=1S/C18H27N3O2S.H2/c1-24-8-2-7-21-10-14(12-3-4-12)16(11-21)19-18(22)15-9-17(23-20-15)13-5-6-13;/h9,12-14,16H,2-8,10-11H2,1H3,(H,19,22);1H/t14-,16+;/m1./s1. The first-order valence-corrected chi connectivity index (χ1v) is 10.6. The molecule has 24 heavy (non-hydrogen) atoms. The van der Waals surface area contributed by atoms with Gasteiger partial charge in [0.05, 0.1) is 0 Å². The number of carbonyl (C=O) groups is 1. The van der Waals surface area contributed by atoms with Crippen LogP contribution in [-0.2, 0) is 0 Å². The molecule has 6 heteroatoms. The van der Waals surface area contributed by atoms with Gasteiger partial charge in [-0.25, -0.2) is 0 Å². The number of nitrogens with one attached hydrogen (secondary N) is 1. The van der Waals surface area contributed by atoms with E-state index in [4.69, 9.17) is 4.52 Å². The van der Waals surface area contributed by atoms with E-state index in [1.807, 2.05) is 17.8 Å². The molecule has 0 unspecified atom stereocenters. The monoisotopic (exact) mass is 351 g/mol. The lowest BCUT2D eigenvalue weighted by Gasteiger charge is -2.18. The first-order chi connectivity index (χ1) is 11.7. The summed E-state index contributed by atoms with van der Waals surface area (Å²) in [4.78, 5) is 15.1. The minimum atomic E-state index is -0.0627. The molecule has 0 radical (unpaired) electrons. The minimum Gasteiger partial charge on any atom is -0.360 e. The minimum absolute atomic E-state index is 0. The fourth-order valence-corrected chi connectivity index (χ4v) is 4.30. The van der Waals surface area contributed by atoms with Crippen LogP contribution < -0.4 is 5.32 Å². The van der Waals surface area contributed by atoms with E-state index in [-0.39, 0.29) is 13.4 Å². The molecule has 3 aliphatic rings. The molecule has 1 aromatic rings. The molecule has 2 aliphatic carbocycles. The Morgan fingerprint density at radius 2 is 2.25 bits per heavy atom. The second kappa shape index (κ2) is 7.08. The van der Waals surface area contributed by atoms with Crippen molar-refractivity contribution in [3.63, 3.8) is 0 Å². The number of thioether (sulfide) groups is 1. The molecule has 5 nitrogen and oxygen atoms in total. The lowest BCUT2D eigenvalue weighted by molar-refractivity contribution is 0.0918. The lowest BCUT2D eigenvalue weighted by Crippen LogP contribution is -2.41. The van der Waals surface area contributed by atoms with Gasteiger partial charge in [-0.2, -0.15) is 11.8 Å². The second-order valence-corrected chi connectivity index (χ2v) is 8.56. The number of hydrogen-bond acceptors (Lipinski definition) is 5. The number of hydrogen-bond donors (Lipinski definition) is 1. The Labute approximate surface area is 149 Å². The maximum atomic E-state index is 12.6. The Morgan fingerprint density at radius 3 is 2.96 bits per heavy atom. The highest BCUT2D eigenvalue weighted by Gasteiger charge is 2.43. The molecular weight excluding hydrogens is 322 g/mol. The van der Waals surface area contributed by atoms with E-state index in [0.717, 1.165) is 44.2 Å². The molecule has 1 N–H and O–H groups in total. The van der Waals surface area contributed by atoms with E-state index in [2.05, 4.69) is 21.6 Å². The van der Waals surface area contributed by atoms with E-state index < -0.39 is 0 Å². The number of nitrogens with zero attached hydrogens (tertiary/aromatic N) is 2. The number of rotatable bonds is 8. The van der Waals surface area contributed by atoms with Crippen molar-refractivity contribution in [3.8, 4) is 0 Å². The maximum absolute atomic E-state index is 12.6. The summed E-state index contributed by atoms with van der Waals surface area (Å²) in [7, 11) is 0. The average Bonchev–Trinajstić information content (AvgIpc) is 3.51. The van der Waals surface area contributed by atoms with Crippen LogP contribution in [0.15, 0.2) is 10.6 Å². The Hall–Kier alpha value is -1.01. The van der Waals surface area contributed by atoms with E-state index in [0.29, 0.717) is 17.5 Å².